The Balaban J connectivity index is 1.98. The van der Waals surface area contributed by atoms with E-state index in [-0.39, 0.29) is 16.4 Å². The van der Waals surface area contributed by atoms with Crippen LogP contribution in [0, 0.1) is 6.92 Å². The Kier molecular flexibility index (Phi) is 4.07. The molecule has 0 bridgehead atoms. The molecule has 0 spiro atoms. The number of anilines is 1. The molecular formula is C18H16N2O3S. The summed E-state index contributed by atoms with van der Waals surface area (Å²) in [6.45, 7) is 1.88. The fourth-order valence-electron chi connectivity index (χ4n) is 2.41. The number of nitrogens with one attached hydrogen (secondary N) is 1. The van der Waals surface area contributed by atoms with E-state index in [2.05, 4.69) is 10.3 Å². The van der Waals surface area contributed by atoms with E-state index in [9.17, 15) is 13.2 Å². The molecule has 0 saturated carbocycles. The van der Waals surface area contributed by atoms with Crippen LogP contribution in [-0.4, -0.2) is 25.6 Å². The van der Waals surface area contributed by atoms with Crippen LogP contribution in [0.5, 0.6) is 0 Å². The fourth-order valence-corrected chi connectivity index (χ4v) is 3.07. The molecule has 0 unspecified atom stereocenters. The number of carbonyl (C=O) groups excluding carboxylic acids is 1. The van der Waals surface area contributed by atoms with Gasteiger partial charge in [-0.25, -0.2) is 8.42 Å². The summed E-state index contributed by atoms with van der Waals surface area (Å²) in [5, 5.41) is 3.73. The molecule has 0 radical (unpaired) electrons. The summed E-state index contributed by atoms with van der Waals surface area (Å²) < 4.78 is 23.3. The van der Waals surface area contributed by atoms with Crippen molar-refractivity contribution in [3.05, 3.63) is 65.9 Å². The van der Waals surface area contributed by atoms with Gasteiger partial charge in [0.25, 0.3) is 5.91 Å². The molecule has 3 rings (SSSR count). The molecule has 6 heteroatoms. The predicted molar refractivity (Wildman–Crippen MR) is 94.0 cm³/mol. The van der Waals surface area contributed by atoms with E-state index in [1.807, 2.05) is 31.2 Å². The predicted octanol–water partition coefficient (Wildman–Crippen LogP) is 3.20. The Bertz CT molecular complexity index is 1040. The molecule has 0 aliphatic heterocycles. The SMILES string of the molecule is Cc1ccc2cccc(NC(=O)c3cccc(S(C)(=O)=O)c3)c2n1. The summed E-state index contributed by atoms with van der Waals surface area (Å²) in [6.07, 6.45) is 1.11. The van der Waals surface area contributed by atoms with Crippen molar-refractivity contribution in [2.24, 2.45) is 0 Å². The second kappa shape index (κ2) is 6.05. The lowest BCUT2D eigenvalue weighted by atomic mass is 10.1. The maximum Gasteiger partial charge on any atom is 0.255 e. The summed E-state index contributed by atoms with van der Waals surface area (Å²) >= 11 is 0. The molecule has 2 aromatic carbocycles. The molecule has 0 aliphatic carbocycles. The minimum absolute atomic E-state index is 0.113. The highest BCUT2D eigenvalue weighted by Gasteiger charge is 2.13. The summed E-state index contributed by atoms with van der Waals surface area (Å²) in [4.78, 5) is 17.1. The molecule has 0 aliphatic rings. The lowest BCUT2D eigenvalue weighted by Gasteiger charge is -2.09. The molecule has 0 fully saturated rings. The van der Waals surface area contributed by atoms with Crippen molar-refractivity contribution in [1.29, 1.82) is 0 Å². The lowest BCUT2D eigenvalue weighted by molar-refractivity contribution is 0.102. The summed E-state index contributed by atoms with van der Waals surface area (Å²) in [5.41, 5.74) is 2.42. The van der Waals surface area contributed by atoms with E-state index in [1.54, 1.807) is 18.2 Å². The molecule has 24 heavy (non-hydrogen) atoms. The number of fused-ring (bicyclic) bond motifs is 1. The normalized spacial score (nSPS) is 11.4. The lowest BCUT2D eigenvalue weighted by Crippen LogP contribution is -2.13. The molecule has 1 aromatic heterocycles. The Morgan fingerprint density at radius 1 is 1.04 bits per heavy atom. The minimum atomic E-state index is -3.36. The number of carbonyl (C=O) groups is 1. The average molecular weight is 340 g/mol. The number of nitrogens with zero attached hydrogens (tertiary/aromatic N) is 1. The van der Waals surface area contributed by atoms with Crippen molar-refractivity contribution in [2.45, 2.75) is 11.8 Å². The van der Waals surface area contributed by atoms with Gasteiger partial charge in [0.05, 0.1) is 16.1 Å². The van der Waals surface area contributed by atoms with Crippen molar-refractivity contribution < 1.29 is 13.2 Å². The molecule has 1 N–H and O–H groups in total. The third kappa shape index (κ3) is 3.28. The highest BCUT2D eigenvalue weighted by atomic mass is 32.2. The van der Waals surface area contributed by atoms with Crippen LogP contribution in [0.4, 0.5) is 5.69 Å². The van der Waals surface area contributed by atoms with Crippen molar-refractivity contribution in [1.82, 2.24) is 4.98 Å². The maximum absolute atomic E-state index is 12.5. The molecule has 5 nitrogen and oxygen atoms in total. The number of para-hydroxylation sites is 1. The topological polar surface area (TPSA) is 76.1 Å². The van der Waals surface area contributed by atoms with Gasteiger partial charge in [-0.1, -0.05) is 24.3 Å². The van der Waals surface area contributed by atoms with Gasteiger partial charge in [-0.05, 0) is 37.3 Å². The monoisotopic (exact) mass is 340 g/mol. The van der Waals surface area contributed by atoms with E-state index in [4.69, 9.17) is 0 Å². The Morgan fingerprint density at radius 3 is 2.54 bits per heavy atom. The van der Waals surface area contributed by atoms with Gasteiger partial charge in [-0.15, -0.1) is 0 Å². The van der Waals surface area contributed by atoms with Crippen LogP contribution in [0.15, 0.2) is 59.5 Å². The van der Waals surface area contributed by atoms with Crippen LogP contribution < -0.4 is 5.32 Å². The Hall–Kier alpha value is -2.73. The molecule has 0 saturated heterocycles. The van der Waals surface area contributed by atoms with E-state index < -0.39 is 9.84 Å². The number of aryl methyl sites for hydroxylation is 1. The van der Waals surface area contributed by atoms with Crippen LogP contribution in [-0.2, 0) is 9.84 Å². The van der Waals surface area contributed by atoms with Gasteiger partial charge in [0.2, 0.25) is 0 Å². The van der Waals surface area contributed by atoms with Crippen LogP contribution in [0.25, 0.3) is 10.9 Å². The molecule has 122 valence electrons. The molecule has 1 heterocycles. The number of hydrogen-bond acceptors (Lipinski definition) is 4. The number of sulfone groups is 1. The quantitative estimate of drug-likeness (QED) is 0.794. The van der Waals surface area contributed by atoms with E-state index in [0.29, 0.717) is 11.2 Å². The van der Waals surface area contributed by atoms with Crippen LogP contribution >= 0.6 is 0 Å². The summed E-state index contributed by atoms with van der Waals surface area (Å²) in [7, 11) is -3.36. The van der Waals surface area contributed by atoms with Gasteiger partial charge in [-0.2, -0.15) is 0 Å². The van der Waals surface area contributed by atoms with Crippen LogP contribution in [0.1, 0.15) is 16.1 Å². The van der Waals surface area contributed by atoms with E-state index in [1.165, 1.54) is 12.1 Å². The third-order valence-corrected chi connectivity index (χ3v) is 4.74. The first kappa shape index (κ1) is 16.1. The van der Waals surface area contributed by atoms with Gasteiger partial charge >= 0.3 is 0 Å². The largest absolute Gasteiger partial charge is 0.320 e. The second-order valence-corrected chi connectivity index (χ2v) is 7.60. The van der Waals surface area contributed by atoms with Crippen LogP contribution in [0.3, 0.4) is 0 Å². The zero-order chi connectivity index (χ0) is 17.3. The molecule has 0 atom stereocenters. The first-order chi connectivity index (χ1) is 11.3. The molecular weight excluding hydrogens is 324 g/mol. The van der Waals surface area contributed by atoms with Crippen molar-refractivity contribution in [2.75, 3.05) is 11.6 Å². The number of pyridine rings is 1. The summed E-state index contributed by atoms with van der Waals surface area (Å²) in [6, 6.07) is 15.3. The second-order valence-electron chi connectivity index (χ2n) is 5.58. The van der Waals surface area contributed by atoms with E-state index >= 15 is 0 Å². The van der Waals surface area contributed by atoms with Gasteiger partial charge in [0.1, 0.15) is 0 Å². The first-order valence-corrected chi connectivity index (χ1v) is 9.21. The van der Waals surface area contributed by atoms with Gasteiger partial charge in [0.15, 0.2) is 9.84 Å². The van der Waals surface area contributed by atoms with Crippen molar-refractivity contribution in [3.8, 4) is 0 Å². The number of amides is 1. The van der Waals surface area contributed by atoms with Crippen LogP contribution in [0.2, 0.25) is 0 Å². The Morgan fingerprint density at radius 2 is 1.79 bits per heavy atom. The van der Waals surface area contributed by atoms with Gasteiger partial charge in [0, 0.05) is 22.9 Å². The number of aromatic nitrogens is 1. The smallest absolute Gasteiger partial charge is 0.255 e. The average Bonchev–Trinajstić information content (AvgIpc) is 2.55. The minimum Gasteiger partial charge on any atom is -0.320 e. The fraction of sp³-hybridized carbons (Fsp3) is 0.111. The van der Waals surface area contributed by atoms with E-state index in [0.717, 1.165) is 17.3 Å². The molecule has 1 amide bonds. The standard InChI is InChI=1S/C18H16N2O3S/c1-12-9-10-13-5-4-8-16(17(13)19-12)20-18(21)14-6-3-7-15(11-14)24(2,22)23/h3-11H,1-2H3,(H,20,21). The molecule has 3 aromatic rings. The number of rotatable bonds is 3. The first-order valence-electron chi connectivity index (χ1n) is 7.32. The summed E-state index contributed by atoms with van der Waals surface area (Å²) in [5.74, 6) is -0.378. The zero-order valence-electron chi connectivity index (χ0n) is 13.3. The van der Waals surface area contributed by atoms with Gasteiger partial charge < -0.3 is 5.32 Å². The Labute approximate surface area is 140 Å². The zero-order valence-corrected chi connectivity index (χ0v) is 14.1. The number of benzene rings is 2. The van der Waals surface area contributed by atoms with Crippen molar-refractivity contribution in [3.63, 3.8) is 0 Å². The highest BCUT2D eigenvalue weighted by molar-refractivity contribution is 7.90. The maximum atomic E-state index is 12.5. The van der Waals surface area contributed by atoms with Crippen molar-refractivity contribution >= 4 is 32.3 Å². The highest BCUT2D eigenvalue weighted by Crippen LogP contribution is 2.22. The third-order valence-electron chi connectivity index (χ3n) is 3.63. The van der Waals surface area contributed by atoms with Gasteiger partial charge in [-0.3, -0.25) is 9.78 Å². The number of hydrogen-bond donors (Lipinski definition) is 1.